The van der Waals surface area contributed by atoms with E-state index < -0.39 is 40.6 Å². The molecule has 3 rings (SSSR count). The fourth-order valence-corrected chi connectivity index (χ4v) is 4.41. The van der Waals surface area contributed by atoms with E-state index in [0.717, 1.165) is 5.56 Å². The Morgan fingerprint density at radius 3 is 2.50 bits per heavy atom. The van der Waals surface area contributed by atoms with E-state index in [2.05, 4.69) is 5.32 Å². The summed E-state index contributed by atoms with van der Waals surface area (Å²) in [6, 6.07) is 7.21. The number of carboxylic acids is 2. The first-order chi connectivity index (χ1) is 11.1. The van der Waals surface area contributed by atoms with Gasteiger partial charge in [0, 0.05) is 17.0 Å². The number of anilines is 1. The van der Waals surface area contributed by atoms with E-state index in [1.54, 1.807) is 25.1 Å². The molecule has 128 valence electrons. The number of nitrogens with two attached hydrogens (primary N) is 1. The van der Waals surface area contributed by atoms with Gasteiger partial charge >= 0.3 is 11.9 Å². The van der Waals surface area contributed by atoms with Crippen molar-refractivity contribution in [2.75, 3.05) is 5.32 Å². The first-order valence-corrected chi connectivity index (χ1v) is 7.75. The quantitative estimate of drug-likeness (QED) is 0.652. The van der Waals surface area contributed by atoms with E-state index in [-0.39, 0.29) is 12.3 Å². The largest absolute Gasteiger partial charge is 0.481 e. The first-order valence-electron chi connectivity index (χ1n) is 7.75. The van der Waals surface area contributed by atoms with Gasteiger partial charge < -0.3 is 21.3 Å². The van der Waals surface area contributed by atoms with Gasteiger partial charge in [-0.2, -0.15) is 0 Å². The molecular formula is C17H20N2O5. The van der Waals surface area contributed by atoms with E-state index >= 15 is 0 Å². The van der Waals surface area contributed by atoms with Crippen molar-refractivity contribution in [2.24, 2.45) is 28.9 Å². The van der Waals surface area contributed by atoms with Crippen molar-refractivity contribution in [2.45, 2.75) is 25.8 Å². The highest BCUT2D eigenvalue weighted by molar-refractivity contribution is 5.97. The summed E-state index contributed by atoms with van der Waals surface area (Å²) >= 11 is 0. The standard InChI is InChI=1S/C17H20N2O5/c1-8-4-3-5-9(6-8)19-13(20)10-7-17(18,15(23)24)16(2)11(10)12(16)14(21)22/h3-6,10-12H,7,18H2,1-2H3,(H,19,20)(H,21,22)(H,23,24). The number of rotatable bonds is 4. The van der Waals surface area contributed by atoms with Gasteiger partial charge in [0.2, 0.25) is 5.91 Å². The number of hydrogen-bond acceptors (Lipinski definition) is 4. The maximum atomic E-state index is 12.6. The number of carbonyl (C=O) groups excluding carboxylic acids is 1. The first kappa shape index (κ1) is 16.4. The number of aliphatic carboxylic acids is 2. The summed E-state index contributed by atoms with van der Waals surface area (Å²) in [7, 11) is 0. The number of nitrogens with one attached hydrogen (secondary N) is 1. The molecule has 5 N–H and O–H groups in total. The van der Waals surface area contributed by atoms with Gasteiger partial charge in [-0.25, -0.2) is 0 Å². The lowest BCUT2D eigenvalue weighted by Crippen LogP contribution is -2.55. The van der Waals surface area contributed by atoms with Crippen molar-refractivity contribution in [3.8, 4) is 0 Å². The van der Waals surface area contributed by atoms with Crippen LogP contribution >= 0.6 is 0 Å². The molecular weight excluding hydrogens is 312 g/mol. The fraction of sp³-hybridized carbons (Fsp3) is 0.471. The molecule has 0 bridgehead atoms. The third-order valence-corrected chi connectivity index (χ3v) is 5.80. The molecule has 0 spiro atoms. The minimum absolute atomic E-state index is 0.0646. The molecule has 5 unspecified atom stereocenters. The molecule has 0 heterocycles. The zero-order valence-electron chi connectivity index (χ0n) is 13.4. The number of aryl methyl sites for hydroxylation is 1. The molecule has 0 aromatic heterocycles. The molecule has 2 saturated carbocycles. The highest BCUT2D eigenvalue weighted by Gasteiger charge is 2.83. The average molecular weight is 332 g/mol. The molecule has 1 amide bonds. The summed E-state index contributed by atoms with van der Waals surface area (Å²) in [5.41, 5.74) is 4.79. The lowest BCUT2D eigenvalue weighted by atomic mass is 9.80. The molecule has 0 radical (unpaired) electrons. The predicted octanol–water partition coefficient (Wildman–Crippen LogP) is 1.07. The highest BCUT2D eigenvalue weighted by Crippen LogP contribution is 2.73. The topological polar surface area (TPSA) is 130 Å². The molecule has 2 aliphatic rings. The number of amides is 1. The zero-order chi connectivity index (χ0) is 17.9. The van der Waals surface area contributed by atoms with Crippen LogP contribution in [-0.2, 0) is 14.4 Å². The summed E-state index contributed by atoms with van der Waals surface area (Å²) < 4.78 is 0. The molecule has 2 aliphatic carbocycles. The Morgan fingerprint density at radius 1 is 1.29 bits per heavy atom. The van der Waals surface area contributed by atoms with Gasteiger partial charge in [0.05, 0.1) is 5.92 Å². The summed E-state index contributed by atoms with van der Waals surface area (Å²) in [4.78, 5) is 35.8. The van der Waals surface area contributed by atoms with Crippen molar-refractivity contribution in [3.05, 3.63) is 29.8 Å². The number of hydrogen-bond donors (Lipinski definition) is 4. The lowest BCUT2D eigenvalue weighted by molar-refractivity contribution is -0.148. The summed E-state index contributed by atoms with van der Waals surface area (Å²) in [6.45, 7) is 3.45. The van der Waals surface area contributed by atoms with Crippen molar-refractivity contribution in [3.63, 3.8) is 0 Å². The van der Waals surface area contributed by atoms with Crippen molar-refractivity contribution >= 4 is 23.5 Å². The van der Waals surface area contributed by atoms with Crippen LogP contribution in [0.3, 0.4) is 0 Å². The van der Waals surface area contributed by atoms with E-state index in [4.69, 9.17) is 5.73 Å². The van der Waals surface area contributed by atoms with Crippen LogP contribution in [0.4, 0.5) is 5.69 Å². The van der Waals surface area contributed by atoms with Crippen LogP contribution in [0.25, 0.3) is 0 Å². The third-order valence-electron chi connectivity index (χ3n) is 5.80. The second-order valence-corrected chi connectivity index (χ2v) is 7.07. The predicted molar refractivity (Wildman–Crippen MR) is 85.2 cm³/mol. The van der Waals surface area contributed by atoms with Crippen LogP contribution in [0, 0.1) is 30.1 Å². The van der Waals surface area contributed by atoms with Gasteiger partial charge in [0.25, 0.3) is 0 Å². The van der Waals surface area contributed by atoms with E-state index in [1.807, 2.05) is 13.0 Å². The maximum Gasteiger partial charge on any atom is 0.324 e. The van der Waals surface area contributed by atoms with Crippen LogP contribution in [0.1, 0.15) is 18.9 Å². The second kappa shape index (κ2) is 5.04. The monoisotopic (exact) mass is 332 g/mol. The van der Waals surface area contributed by atoms with E-state index in [1.165, 1.54) is 0 Å². The Morgan fingerprint density at radius 2 is 1.96 bits per heavy atom. The van der Waals surface area contributed by atoms with Crippen LogP contribution in [0.2, 0.25) is 0 Å². The number of fused-ring (bicyclic) bond motifs is 1. The smallest absolute Gasteiger partial charge is 0.324 e. The van der Waals surface area contributed by atoms with Crippen molar-refractivity contribution in [1.82, 2.24) is 0 Å². The maximum absolute atomic E-state index is 12.6. The fourth-order valence-electron chi connectivity index (χ4n) is 4.41. The second-order valence-electron chi connectivity index (χ2n) is 7.07. The Bertz CT molecular complexity index is 748. The Hall–Kier alpha value is -2.41. The molecule has 2 fully saturated rings. The van der Waals surface area contributed by atoms with Gasteiger partial charge in [0.15, 0.2) is 0 Å². The van der Waals surface area contributed by atoms with Gasteiger partial charge in [-0.15, -0.1) is 0 Å². The van der Waals surface area contributed by atoms with E-state index in [0.29, 0.717) is 5.69 Å². The lowest BCUT2D eigenvalue weighted by Gasteiger charge is -2.29. The molecule has 7 heteroatoms. The molecule has 24 heavy (non-hydrogen) atoms. The third kappa shape index (κ3) is 2.04. The zero-order valence-corrected chi connectivity index (χ0v) is 13.4. The molecule has 1 aromatic rings. The minimum atomic E-state index is -1.71. The molecule has 7 nitrogen and oxygen atoms in total. The van der Waals surface area contributed by atoms with E-state index in [9.17, 15) is 24.6 Å². The molecule has 0 saturated heterocycles. The van der Waals surface area contributed by atoms with Gasteiger partial charge in [-0.05, 0) is 37.0 Å². The van der Waals surface area contributed by atoms with Crippen LogP contribution in [0.5, 0.6) is 0 Å². The SMILES string of the molecule is Cc1cccc(NC(=O)C2CC(N)(C(=O)O)C3(C)C(C(=O)O)C23)c1. The van der Waals surface area contributed by atoms with Crippen molar-refractivity contribution in [1.29, 1.82) is 0 Å². The Balaban J connectivity index is 1.88. The van der Waals surface area contributed by atoms with Gasteiger partial charge in [-0.1, -0.05) is 19.1 Å². The minimum Gasteiger partial charge on any atom is -0.481 e. The average Bonchev–Trinajstić information content (AvgIpc) is 3.04. The summed E-state index contributed by atoms with van der Waals surface area (Å²) in [5.74, 6) is -4.97. The van der Waals surface area contributed by atoms with Gasteiger partial charge in [-0.3, -0.25) is 14.4 Å². The number of carbonyl (C=O) groups is 3. The van der Waals surface area contributed by atoms with Gasteiger partial charge in [0.1, 0.15) is 5.54 Å². The Kier molecular flexibility index (Phi) is 3.46. The molecule has 0 aliphatic heterocycles. The molecule has 5 atom stereocenters. The normalized spacial score (nSPS) is 36.7. The highest BCUT2D eigenvalue weighted by atomic mass is 16.4. The summed E-state index contributed by atoms with van der Waals surface area (Å²) in [6.07, 6.45) is -0.0646. The van der Waals surface area contributed by atoms with Crippen LogP contribution in [-0.4, -0.2) is 33.6 Å². The Labute approximate surface area is 138 Å². The van der Waals surface area contributed by atoms with Crippen LogP contribution < -0.4 is 11.1 Å². The van der Waals surface area contributed by atoms with Crippen molar-refractivity contribution < 1.29 is 24.6 Å². The summed E-state index contributed by atoms with van der Waals surface area (Å²) in [5, 5.41) is 21.6. The number of benzene rings is 1. The molecule has 1 aromatic carbocycles. The number of carboxylic acid groups (broad SMARTS) is 2. The van der Waals surface area contributed by atoms with Crippen LogP contribution in [0.15, 0.2) is 24.3 Å².